The summed E-state index contributed by atoms with van der Waals surface area (Å²) in [5, 5.41) is 0. The number of hydrogen-bond donors (Lipinski definition) is 1. The van der Waals surface area contributed by atoms with Crippen LogP contribution in [-0.2, 0) is 6.54 Å². The first-order valence-electron chi connectivity index (χ1n) is 5.82. The van der Waals surface area contributed by atoms with Crippen LogP contribution in [0.3, 0.4) is 0 Å². The van der Waals surface area contributed by atoms with E-state index in [1.165, 1.54) is 6.07 Å². The zero-order chi connectivity index (χ0) is 12.1. The highest BCUT2D eigenvalue weighted by Gasteiger charge is 2.09. The molecule has 1 rings (SSSR count). The maximum atomic E-state index is 13.2. The Hall–Kier alpha value is -1.09. The molecule has 90 valence electrons. The van der Waals surface area contributed by atoms with Gasteiger partial charge in [-0.15, -0.1) is 0 Å². The van der Waals surface area contributed by atoms with Crippen molar-refractivity contribution >= 4 is 5.69 Å². The van der Waals surface area contributed by atoms with E-state index in [2.05, 4.69) is 25.7 Å². The quantitative estimate of drug-likeness (QED) is 0.779. The maximum Gasteiger partial charge on any atom is 0.125 e. The van der Waals surface area contributed by atoms with Gasteiger partial charge in [-0.2, -0.15) is 0 Å². The third-order valence-electron chi connectivity index (χ3n) is 2.61. The molecule has 0 aliphatic heterocycles. The van der Waals surface area contributed by atoms with Crippen molar-refractivity contribution in [3.63, 3.8) is 0 Å². The van der Waals surface area contributed by atoms with Crippen LogP contribution in [0.4, 0.5) is 10.1 Å². The van der Waals surface area contributed by atoms with Crippen molar-refractivity contribution in [3.8, 4) is 0 Å². The molecule has 1 aromatic rings. The molecule has 16 heavy (non-hydrogen) atoms. The number of benzene rings is 1. The smallest absolute Gasteiger partial charge is 0.125 e. The molecule has 0 spiro atoms. The third kappa shape index (κ3) is 3.81. The number of rotatable bonds is 5. The van der Waals surface area contributed by atoms with Gasteiger partial charge in [-0.3, -0.25) is 4.90 Å². The molecule has 2 N–H and O–H groups in total. The lowest BCUT2D eigenvalue weighted by atomic mass is 10.1. The van der Waals surface area contributed by atoms with Crippen LogP contribution in [0, 0.1) is 5.82 Å². The first-order valence-corrected chi connectivity index (χ1v) is 5.82. The SMILES string of the molecule is CCCN(Cc1cc(N)cc(F)c1)C(C)C. The molecule has 0 atom stereocenters. The van der Waals surface area contributed by atoms with Gasteiger partial charge in [0, 0.05) is 18.3 Å². The molecule has 0 heterocycles. The van der Waals surface area contributed by atoms with Crippen LogP contribution in [0.25, 0.3) is 0 Å². The van der Waals surface area contributed by atoms with Gasteiger partial charge >= 0.3 is 0 Å². The van der Waals surface area contributed by atoms with Gasteiger partial charge < -0.3 is 5.73 Å². The molecule has 0 aliphatic carbocycles. The van der Waals surface area contributed by atoms with E-state index in [1.54, 1.807) is 6.07 Å². The maximum absolute atomic E-state index is 13.2. The van der Waals surface area contributed by atoms with Gasteiger partial charge in [-0.1, -0.05) is 6.92 Å². The van der Waals surface area contributed by atoms with Crippen molar-refractivity contribution in [1.29, 1.82) is 0 Å². The Kier molecular flexibility index (Phi) is 4.74. The second kappa shape index (κ2) is 5.85. The largest absolute Gasteiger partial charge is 0.399 e. The minimum atomic E-state index is -0.254. The minimum absolute atomic E-state index is 0.254. The molecule has 0 unspecified atom stereocenters. The highest BCUT2D eigenvalue weighted by atomic mass is 19.1. The zero-order valence-electron chi connectivity index (χ0n) is 10.3. The number of nitrogens with zero attached hydrogens (tertiary/aromatic N) is 1. The summed E-state index contributed by atoms with van der Waals surface area (Å²) >= 11 is 0. The lowest BCUT2D eigenvalue weighted by molar-refractivity contribution is 0.213. The molecule has 0 radical (unpaired) electrons. The fourth-order valence-corrected chi connectivity index (χ4v) is 1.81. The van der Waals surface area contributed by atoms with E-state index in [0.717, 1.165) is 25.1 Å². The van der Waals surface area contributed by atoms with Gasteiger partial charge in [0.05, 0.1) is 0 Å². The van der Waals surface area contributed by atoms with Gasteiger partial charge in [-0.25, -0.2) is 4.39 Å². The lowest BCUT2D eigenvalue weighted by Crippen LogP contribution is -2.31. The Morgan fingerprint density at radius 2 is 2.00 bits per heavy atom. The van der Waals surface area contributed by atoms with E-state index in [0.29, 0.717) is 11.7 Å². The molecule has 0 saturated carbocycles. The Morgan fingerprint density at radius 1 is 1.31 bits per heavy atom. The number of hydrogen-bond acceptors (Lipinski definition) is 2. The predicted octanol–water partition coefficient (Wildman–Crippen LogP) is 3.03. The number of halogens is 1. The molecule has 0 saturated heterocycles. The summed E-state index contributed by atoms with van der Waals surface area (Å²) in [5.74, 6) is -0.254. The predicted molar refractivity (Wildman–Crippen MR) is 66.6 cm³/mol. The molecule has 0 aliphatic rings. The molecule has 0 fully saturated rings. The fraction of sp³-hybridized carbons (Fsp3) is 0.538. The average molecular weight is 224 g/mol. The summed E-state index contributed by atoms with van der Waals surface area (Å²) in [4.78, 5) is 2.31. The van der Waals surface area contributed by atoms with Crippen LogP contribution in [0.15, 0.2) is 18.2 Å². The number of nitrogens with two attached hydrogens (primary N) is 1. The van der Waals surface area contributed by atoms with Crippen molar-refractivity contribution in [1.82, 2.24) is 4.90 Å². The van der Waals surface area contributed by atoms with E-state index in [1.807, 2.05) is 6.07 Å². The summed E-state index contributed by atoms with van der Waals surface area (Å²) in [6.07, 6.45) is 1.10. The highest BCUT2D eigenvalue weighted by Crippen LogP contribution is 2.14. The van der Waals surface area contributed by atoms with Gasteiger partial charge in [0.2, 0.25) is 0 Å². The van der Waals surface area contributed by atoms with Crippen LogP contribution < -0.4 is 5.73 Å². The van der Waals surface area contributed by atoms with E-state index < -0.39 is 0 Å². The lowest BCUT2D eigenvalue weighted by Gasteiger charge is -2.26. The Balaban J connectivity index is 2.76. The molecular formula is C13H21FN2. The van der Waals surface area contributed by atoms with Crippen LogP contribution in [0.2, 0.25) is 0 Å². The molecular weight excluding hydrogens is 203 g/mol. The summed E-state index contributed by atoms with van der Waals surface area (Å²) in [6.45, 7) is 8.23. The monoisotopic (exact) mass is 224 g/mol. The summed E-state index contributed by atoms with van der Waals surface area (Å²) in [7, 11) is 0. The van der Waals surface area contributed by atoms with E-state index in [9.17, 15) is 4.39 Å². The second-order valence-corrected chi connectivity index (χ2v) is 4.46. The molecule has 0 aromatic heterocycles. The highest BCUT2D eigenvalue weighted by molar-refractivity contribution is 5.41. The summed E-state index contributed by atoms with van der Waals surface area (Å²) in [6, 6.07) is 5.21. The summed E-state index contributed by atoms with van der Waals surface area (Å²) in [5.41, 5.74) is 7.07. The van der Waals surface area contributed by atoms with E-state index >= 15 is 0 Å². The first-order chi connectivity index (χ1) is 7.52. The molecule has 3 heteroatoms. The zero-order valence-corrected chi connectivity index (χ0v) is 10.3. The third-order valence-corrected chi connectivity index (χ3v) is 2.61. The fourth-order valence-electron chi connectivity index (χ4n) is 1.81. The van der Waals surface area contributed by atoms with Crippen molar-refractivity contribution in [2.75, 3.05) is 12.3 Å². The summed E-state index contributed by atoms with van der Waals surface area (Å²) < 4.78 is 13.2. The van der Waals surface area contributed by atoms with Gasteiger partial charge in [0.1, 0.15) is 5.82 Å². The molecule has 1 aromatic carbocycles. The van der Waals surface area contributed by atoms with E-state index in [-0.39, 0.29) is 5.82 Å². The molecule has 0 bridgehead atoms. The number of anilines is 1. The first kappa shape index (κ1) is 13.0. The Bertz CT molecular complexity index is 316. The minimum Gasteiger partial charge on any atom is -0.399 e. The topological polar surface area (TPSA) is 29.3 Å². The van der Waals surface area contributed by atoms with Crippen LogP contribution in [0.1, 0.15) is 32.8 Å². The van der Waals surface area contributed by atoms with Crippen molar-refractivity contribution in [3.05, 3.63) is 29.6 Å². The molecule has 2 nitrogen and oxygen atoms in total. The van der Waals surface area contributed by atoms with Gasteiger partial charge in [0.25, 0.3) is 0 Å². The second-order valence-electron chi connectivity index (χ2n) is 4.46. The van der Waals surface area contributed by atoms with Crippen molar-refractivity contribution < 1.29 is 4.39 Å². The van der Waals surface area contributed by atoms with Gasteiger partial charge in [-0.05, 0) is 50.6 Å². The molecule has 0 amide bonds. The van der Waals surface area contributed by atoms with Crippen LogP contribution >= 0.6 is 0 Å². The number of nitrogen functional groups attached to an aromatic ring is 1. The van der Waals surface area contributed by atoms with Crippen molar-refractivity contribution in [2.24, 2.45) is 0 Å². The van der Waals surface area contributed by atoms with E-state index in [4.69, 9.17) is 5.73 Å². The standard InChI is InChI=1S/C13H21FN2/c1-4-5-16(10(2)3)9-11-6-12(14)8-13(15)7-11/h6-8,10H,4-5,9,15H2,1-3H3. The van der Waals surface area contributed by atoms with Crippen LogP contribution in [-0.4, -0.2) is 17.5 Å². The van der Waals surface area contributed by atoms with Crippen LogP contribution in [0.5, 0.6) is 0 Å². The average Bonchev–Trinajstić information content (AvgIpc) is 2.15. The van der Waals surface area contributed by atoms with Crippen molar-refractivity contribution in [2.45, 2.75) is 39.8 Å². The Labute approximate surface area is 97.3 Å². The Morgan fingerprint density at radius 3 is 2.50 bits per heavy atom. The normalized spacial score (nSPS) is 11.4. The van der Waals surface area contributed by atoms with Gasteiger partial charge in [0.15, 0.2) is 0 Å².